The number of rotatable bonds is 5. The number of hydrogen-bond donors (Lipinski definition) is 2. The van der Waals surface area contributed by atoms with Crippen molar-refractivity contribution in [2.45, 2.75) is 13.2 Å². The van der Waals surface area contributed by atoms with E-state index in [9.17, 15) is 5.11 Å². The van der Waals surface area contributed by atoms with E-state index in [2.05, 4.69) is 14.7 Å². The van der Waals surface area contributed by atoms with Crippen LogP contribution in [0.5, 0.6) is 11.5 Å². The Morgan fingerprint density at radius 1 is 1.13 bits per heavy atom. The van der Waals surface area contributed by atoms with Gasteiger partial charge in [0.1, 0.15) is 22.3 Å². The molecule has 3 aromatic rings. The van der Waals surface area contributed by atoms with Gasteiger partial charge in [0.2, 0.25) is 0 Å². The molecule has 0 radical (unpaired) electrons. The lowest BCUT2D eigenvalue weighted by Crippen LogP contribution is -2.12. The Labute approximate surface area is 137 Å². The SMILES string of the molecule is COc1ccc(-c2cnc3c(NC(C)O)snc3c2)cc1OC. The predicted molar refractivity (Wildman–Crippen MR) is 91.3 cm³/mol. The summed E-state index contributed by atoms with van der Waals surface area (Å²) in [6.07, 6.45) is 1.14. The molecule has 2 N–H and O–H groups in total. The molecule has 2 heterocycles. The summed E-state index contributed by atoms with van der Waals surface area (Å²) in [4.78, 5) is 4.47. The molecule has 2 aromatic heterocycles. The molecular formula is C16H17N3O3S. The summed E-state index contributed by atoms with van der Waals surface area (Å²) < 4.78 is 15.0. The first-order valence-corrected chi connectivity index (χ1v) is 7.82. The lowest BCUT2D eigenvalue weighted by Gasteiger charge is -2.09. The number of pyridine rings is 1. The number of hydrogen-bond acceptors (Lipinski definition) is 7. The van der Waals surface area contributed by atoms with Crippen molar-refractivity contribution >= 4 is 27.6 Å². The second kappa shape index (κ2) is 6.39. The molecular weight excluding hydrogens is 314 g/mol. The first-order chi connectivity index (χ1) is 11.1. The van der Waals surface area contributed by atoms with E-state index in [1.54, 1.807) is 27.3 Å². The van der Waals surface area contributed by atoms with Gasteiger partial charge in [-0.3, -0.25) is 4.98 Å². The fourth-order valence-electron chi connectivity index (χ4n) is 2.29. The first kappa shape index (κ1) is 15.5. The summed E-state index contributed by atoms with van der Waals surface area (Å²) in [5.41, 5.74) is 3.44. The highest BCUT2D eigenvalue weighted by Crippen LogP contribution is 2.34. The Kier molecular flexibility index (Phi) is 4.31. The third-order valence-corrected chi connectivity index (χ3v) is 4.16. The van der Waals surface area contributed by atoms with Crippen molar-refractivity contribution in [3.63, 3.8) is 0 Å². The van der Waals surface area contributed by atoms with Crippen LogP contribution in [0.3, 0.4) is 0 Å². The molecule has 0 aliphatic heterocycles. The van der Waals surface area contributed by atoms with Crippen molar-refractivity contribution in [2.75, 3.05) is 19.5 Å². The molecule has 0 spiro atoms. The second-order valence-corrected chi connectivity index (χ2v) is 5.77. The highest BCUT2D eigenvalue weighted by molar-refractivity contribution is 7.11. The summed E-state index contributed by atoms with van der Waals surface area (Å²) in [6, 6.07) is 7.68. The van der Waals surface area contributed by atoms with Gasteiger partial charge in [-0.1, -0.05) is 6.07 Å². The molecule has 0 aliphatic carbocycles. The van der Waals surface area contributed by atoms with E-state index < -0.39 is 6.23 Å². The van der Waals surface area contributed by atoms with Crippen LogP contribution in [0.4, 0.5) is 5.00 Å². The van der Waals surface area contributed by atoms with Gasteiger partial charge in [0.05, 0.1) is 14.2 Å². The van der Waals surface area contributed by atoms with Crippen molar-refractivity contribution in [1.82, 2.24) is 9.36 Å². The number of aromatic nitrogens is 2. The van der Waals surface area contributed by atoms with Gasteiger partial charge >= 0.3 is 0 Å². The molecule has 0 aliphatic rings. The van der Waals surface area contributed by atoms with Gasteiger partial charge in [0, 0.05) is 11.8 Å². The summed E-state index contributed by atoms with van der Waals surface area (Å²) in [7, 11) is 3.22. The zero-order valence-corrected chi connectivity index (χ0v) is 13.8. The molecule has 0 saturated heterocycles. The lowest BCUT2D eigenvalue weighted by atomic mass is 10.1. The van der Waals surface area contributed by atoms with Crippen LogP contribution in [0.2, 0.25) is 0 Å². The molecule has 3 rings (SSSR count). The molecule has 120 valence electrons. The van der Waals surface area contributed by atoms with Gasteiger partial charge < -0.3 is 19.9 Å². The number of benzene rings is 1. The Hall–Kier alpha value is -2.38. The van der Waals surface area contributed by atoms with Crippen LogP contribution in [0.1, 0.15) is 6.92 Å². The number of ether oxygens (including phenoxy) is 2. The Balaban J connectivity index is 2.01. The molecule has 6 nitrogen and oxygen atoms in total. The van der Waals surface area contributed by atoms with Crippen LogP contribution in [-0.4, -0.2) is 34.9 Å². The van der Waals surface area contributed by atoms with Crippen LogP contribution in [0.15, 0.2) is 30.5 Å². The molecule has 1 atom stereocenters. The average molecular weight is 331 g/mol. The topological polar surface area (TPSA) is 76.5 Å². The minimum absolute atomic E-state index is 0.647. The first-order valence-electron chi connectivity index (χ1n) is 7.05. The number of nitrogens with one attached hydrogen (secondary N) is 1. The number of methoxy groups -OCH3 is 2. The third-order valence-electron chi connectivity index (χ3n) is 3.37. The molecule has 0 bridgehead atoms. The number of aliphatic hydroxyl groups excluding tert-OH is 1. The number of fused-ring (bicyclic) bond motifs is 1. The van der Waals surface area contributed by atoms with Crippen LogP contribution in [-0.2, 0) is 0 Å². The van der Waals surface area contributed by atoms with Crippen LogP contribution >= 0.6 is 11.5 Å². The predicted octanol–water partition coefficient (Wildman–Crippen LogP) is 3.13. The van der Waals surface area contributed by atoms with Gasteiger partial charge in [0.15, 0.2) is 11.5 Å². The summed E-state index contributed by atoms with van der Waals surface area (Å²) in [6.45, 7) is 1.66. The average Bonchev–Trinajstić information content (AvgIpc) is 2.95. The minimum Gasteiger partial charge on any atom is -0.493 e. The number of anilines is 1. The van der Waals surface area contributed by atoms with Crippen molar-refractivity contribution < 1.29 is 14.6 Å². The normalized spacial score (nSPS) is 12.2. The Morgan fingerprint density at radius 2 is 1.91 bits per heavy atom. The standard InChI is InChI=1S/C16H17N3O3S/c1-9(20)18-16-15-12(19-23-16)6-11(8-17-15)10-4-5-13(21-2)14(7-10)22-3/h4-9,18,20H,1-3H3. The second-order valence-electron chi connectivity index (χ2n) is 4.99. The smallest absolute Gasteiger partial charge is 0.161 e. The van der Waals surface area contributed by atoms with E-state index in [-0.39, 0.29) is 0 Å². The minimum atomic E-state index is -0.647. The summed E-state index contributed by atoms with van der Waals surface area (Å²) >= 11 is 1.28. The van der Waals surface area contributed by atoms with Gasteiger partial charge in [-0.05, 0) is 42.2 Å². The summed E-state index contributed by atoms with van der Waals surface area (Å²) in [5.74, 6) is 1.35. The maximum atomic E-state index is 9.44. The van der Waals surface area contributed by atoms with Crippen LogP contribution in [0.25, 0.3) is 22.2 Å². The monoisotopic (exact) mass is 331 g/mol. The maximum absolute atomic E-state index is 9.44. The van der Waals surface area contributed by atoms with Crippen molar-refractivity contribution in [3.05, 3.63) is 30.5 Å². The zero-order valence-electron chi connectivity index (χ0n) is 13.0. The zero-order chi connectivity index (χ0) is 16.4. The van der Waals surface area contributed by atoms with Crippen molar-refractivity contribution in [1.29, 1.82) is 0 Å². The summed E-state index contributed by atoms with van der Waals surface area (Å²) in [5, 5.41) is 13.1. The van der Waals surface area contributed by atoms with E-state index >= 15 is 0 Å². The molecule has 23 heavy (non-hydrogen) atoms. The van der Waals surface area contributed by atoms with Crippen molar-refractivity contribution in [3.8, 4) is 22.6 Å². The molecule has 0 fully saturated rings. The van der Waals surface area contributed by atoms with E-state index in [1.165, 1.54) is 11.5 Å². The van der Waals surface area contributed by atoms with Crippen molar-refractivity contribution in [2.24, 2.45) is 0 Å². The number of nitrogens with zero attached hydrogens (tertiary/aromatic N) is 2. The fourth-order valence-corrected chi connectivity index (χ4v) is 3.09. The van der Waals surface area contributed by atoms with Gasteiger partial charge in [-0.25, -0.2) is 0 Å². The lowest BCUT2D eigenvalue weighted by molar-refractivity contribution is 0.225. The Morgan fingerprint density at radius 3 is 2.61 bits per heavy atom. The maximum Gasteiger partial charge on any atom is 0.161 e. The van der Waals surface area contributed by atoms with E-state index in [4.69, 9.17) is 9.47 Å². The molecule has 7 heteroatoms. The highest BCUT2D eigenvalue weighted by atomic mass is 32.1. The van der Waals surface area contributed by atoms with Crippen LogP contribution in [0, 0.1) is 0 Å². The third kappa shape index (κ3) is 3.06. The van der Waals surface area contributed by atoms with Gasteiger partial charge in [0.25, 0.3) is 0 Å². The van der Waals surface area contributed by atoms with Gasteiger partial charge in [-0.2, -0.15) is 4.37 Å². The van der Waals surface area contributed by atoms with E-state index in [1.807, 2.05) is 24.3 Å². The molecule has 0 saturated carbocycles. The van der Waals surface area contributed by atoms with E-state index in [0.717, 1.165) is 27.2 Å². The van der Waals surface area contributed by atoms with Crippen LogP contribution < -0.4 is 14.8 Å². The molecule has 1 aromatic carbocycles. The quantitative estimate of drug-likeness (QED) is 0.700. The van der Waals surface area contributed by atoms with Gasteiger partial charge in [-0.15, -0.1) is 0 Å². The molecule has 0 amide bonds. The fraction of sp³-hybridized carbons (Fsp3) is 0.250. The highest BCUT2D eigenvalue weighted by Gasteiger charge is 2.12. The Bertz CT molecular complexity index is 833. The number of aliphatic hydroxyl groups is 1. The van der Waals surface area contributed by atoms with E-state index in [0.29, 0.717) is 11.5 Å². The molecule has 1 unspecified atom stereocenters. The largest absolute Gasteiger partial charge is 0.493 e.